The van der Waals surface area contributed by atoms with Gasteiger partial charge in [-0.25, -0.2) is 0 Å². The highest BCUT2D eigenvalue weighted by molar-refractivity contribution is 4.77. The van der Waals surface area contributed by atoms with Crippen molar-refractivity contribution in [2.75, 3.05) is 41.3 Å². The number of hydrogen-bond acceptors (Lipinski definition) is 4. The molecule has 192 valence electrons. The highest BCUT2D eigenvalue weighted by Crippen LogP contribution is 2.25. The van der Waals surface area contributed by atoms with E-state index < -0.39 is 0 Å². The van der Waals surface area contributed by atoms with Crippen molar-refractivity contribution in [3.05, 3.63) is 0 Å². The Morgan fingerprint density at radius 3 is 1.06 bits per heavy atom. The van der Waals surface area contributed by atoms with Crippen molar-refractivity contribution in [1.82, 2.24) is 20.9 Å². The molecule has 4 heteroatoms. The zero-order valence-corrected chi connectivity index (χ0v) is 23.2. The fourth-order valence-corrected chi connectivity index (χ4v) is 5.83. The van der Waals surface area contributed by atoms with Gasteiger partial charge >= 0.3 is 0 Å². The third kappa shape index (κ3) is 13.5. The topological polar surface area (TPSA) is 39.3 Å². The van der Waals surface area contributed by atoms with Crippen molar-refractivity contribution in [3.8, 4) is 0 Å². The summed E-state index contributed by atoms with van der Waals surface area (Å²) in [5.41, 5.74) is 0. The summed E-state index contributed by atoms with van der Waals surface area (Å²) in [6.07, 6.45) is 15.4. The molecule has 3 saturated carbocycles. The second-order valence-corrected chi connectivity index (χ2v) is 11.7. The smallest absolute Gasteiger partial charge is 0.00667 e. The lowest BCUT2D eigenvalue weighted by Crippen LogP contribution is -2.30. The van der Waals surface area contributed by atoms with Gasteiger partial charge in [0.15, 0.2) is 0 Å². The molecule has 0 amide bonds. The van der Waals surface area contributed by atoms with Gasteiger partial charge in [-0.3, -0.25) is 0 Å². The quantitative estimate of drug-likeness (QED) is 0.526. The maximum absolute atomic E-state index is 3.29. The first-order valence-electron chi connectivity index (χ1n) is 14.0. The van der Waals surface area contributed by atoms with Gasteiger partial charge in [0.2, 0.25) is 0 Å². The third-order valence-corrected chi connectivity index (χ3v) is 8.17. The second-order valence-electron chi connectivity index (χ2n) is 11.7. The van der Waals surface area contributed by atoms with E-state index in [2.05, 4.69) is 76.7 Å². The van der Waals surface area contributed by atoms with Crippen LogP contribution in [-0.2, 0) is 0 Å². The van der Waals surface area contributed by atoms with Crippen molar-refractivity contribution in [2.45, 2.75) is 116 Å². The Kier molecular flexibility index (Phi) is 16.2. The highest BCUT2D eigenvalue weighted by Gasteiger charge is 2.20. The molecule has 7 atom stereocenters. The molecule has 3 N–H and O–H groups in total. The van der Waals surface area contributed by atoms with Crippen molar-refractivity contribution >= 4 is 0 Å². The number of piperidine rings is 1. The van der Waals surface area contributed by atoms with Gasteiger partial charge in [0, 0.05) is 24.7 Å². The van der Waals surface area contributed by atoms with E-state index in [1.807, 2.05) is 0 Å². The standard InChI is InChI=1S/4C7H15N/c3*1-6-3-4-7(5-6)8-2;1-7-4-3-5-8(2)6-7/h3*6-8H,3-5H2,1-2H3;7H,3-6H2,1-2H3/t6-,7?;2*6-,7+;7-/m0101/s1. The first-order chi connectivity index (χ1) is 15.3. The predicted molar refractivity (Wildman–Crippen MR) is 143 cm³/mol. The van der Waals surface area contributed by atoms with Crippen LogP contribution in [-0.4, -0.2) is 64.3 Å². The van der Waals surface area contributed by atoms with Gasteiger partial charge in [0.1, 0.15) is 0 Å². The lowest BCUT2D eigenvalue weighted by molar-refractivity contribution is 0.221. The van der Waals surface area contributed by atoms with Gasteiger partial charge in [0.25, 0.3) is 0 Å². The lowest BCUT2D eigenvalue weighted by Gasteiger charge is -2.26. The Labute approximate surface area is 202 Å². The summed E-state index contributed by atoms with van der Waals surface area (Å²) >= 11 is 0. The van der Waals surface area contributed by atoms with E-state index in [1.165, 1.54) is 83.7 Å². The maximum atomic E-state index is 3.29. The number of nitrogens with zero attached hydrogens (tertiary/aromatic N) is 1. The van der Waals surface area contributed by atoms with E-state index in [9.17, 15) is 0 Å². The SMILES string of the molecule is CNC1CC[C@H](C)C1.CN[C@@H]1CC[C@H](C)C1.CN[C@H]1CC[C@@H](C)C1.C[C@@H]1CCCN(C)C1. The molecule has 0 aromatic rings. The zero-order chi connectivity index (χ0) is 23.9. The van der Waals surface area contributed by atoms with Gasteiger partial charge < -0.3 is 20.9 Å². The van der Waals surface area contributed by atoms with E-state index in [0.717, 1.165) is 41.8 Å². The van der Waals surface area contributed by atoms with Gasteiger partial charge in [-0.15, -0.1) is 0 Å². The minimum Gasteiger partial charge on any atom is -0.317 e. The molecule has 4 nitrogen and oxygen atoms in total. The molecular weight excluding hydrogens is 392 g/mol. The number of hydrogen-bond donors (Lipinski definition) is 3. The zero-order valence-electron chi connectivity index (χ0n) is 23.2. The molecular formula is C28H60N4. The van der Waals surface area contributed by atoms with Gasteiger partial charge in [-0.2, -0.15) is 0 Å². The second kappa shape index (κ2) is 17.3. The first kappa shape index (κ1) is 29.9. The molecule has 1 unspecified atom stereocenters. The van der Waals surface area contributed by atoms with Gasteiger partial charge in [-0.05, 0) is 129 Å². The summed E-state index contributed by atoms with van der Waals surface area (Å²) in [7, 11) is 8.38. The fraction of sp³-hybridized carbons (Fsp3) is 1.00. The predicted octanol–water partition coefficient (Wildman–Crippen LogP) is 5.53. The van der Waals surface area contributed by atoms with Crippen molar-refractivity contribution in [2.24, 2.45) is 23.7 Å². The molecule has 0 aromatic heterocycles. The van der Waals surface area contributed by atoms with Gasteiger partial charge in [-0.1, -0.05) is 27.7 Å². The Hall–Kier alpha value is -0.160. The van der Waals surface area contributed by atoms with E-state index in [0.29, 0.717) is 0 Å². The molecule has 4 fully saturated rings. The Morgan fingerprint density at radius 2 is 0.906 bits per heavy atom. The van der Waals surface area contributed by atoms with Crippen LogP contribution in [0.1, 0.15) is 98.3 Å². The molecule has 0 bridgehead atoms. The van der Waals surface area contributed by atoms with Crippen LogP contribution in [0.5, 0.6) is 0 Å². The van der Waals surface area contributed by atoms with Crippen LogP contribution in [0.3, 0.4) is 0 Å². The normalized spacial score (nSPS) is 36.9. The van der Waals surface area contributed by atoms with E-state index in [1.54, 1.807) is 0 Å². The highest BCUT2D eigenvalue weighted by atomic mass is 15.1. The van der Waals surface area contributed by atoms with Crippen LogP contribution < -0.4 is 16.0 Å². The third-order valence-electron chi connectivity index (χ3n) is 8.17. The van der Waals surface area contributed by atoms with Crippen molar-refractivity contribution in [3.63, 3.8) is 0 Å². The maximum Gasteiger partial charge on any atom is 0.00667 e. The van der Waals surface area contributed by atoms with Crippen molar-refractivity contribution in [1.29, 1.82) is 0 Å². The molecule has 3 aliphatic carbocycles. The molecule has 0 spiro atoms. The minimum atomic E-state index is 0.824. The summed E-state index contributed by atoms with van der Waals surface area (Å²) in [6.45, 7) is 11.9. The summed E-state index contributed by atoms with van der Waals surface area (Å²) in [6, 6.07) is 2.47. The van der Waals surface area contributed by atoms with Crippen LogP contribution in [0, 0.1) is 23.7 Å². The molecule has 1 heterocycles. The van der Waals surface area contributed by atoms with Crippen LogP contribution in [0.2, 0.25) is 0 Å². The average molecular weight is 453 g/mol. The molecule has 4 aliphatic rings. The molecule has 0 aromatic carbocycles. The van der Waals surface area contributed by atoms with Gasteiger partial charge in [0.05, 0.1) is 0 Å². The number of nitrogens with one attached hydrogen (secondary N) is 3. The van der Waals surface area contributed by atoms with Crippen LogP contribution in [0.15, 0.2) is 0 Å². The number of likely N-dealkylation sites (tertiary alicyclic amines) is 1. The average Bonchev–Trinajstić information content (AvgIpc) is 3.50. The minimum absolute atomic E-state index is 0.824. The summed E-state index contributed by atoms with van der Waals surface area (Å²) < 4.78 is 0. The van der Waals surface area contributed by atoms with E-state index in [-0.39, 0.29) is 0 Å². The summed E-state index contributed by atoms with van der Waals surface area (Å²) in [5.74, 6) is 3.83. The first-order valence-corrected chi connectivity index (χ1v) is 14.0. The largest absolute Gasteiger partial charge is 0.317 e. The molecule has 0 radical (unpaired) electrons. The summed E-state index contributed by atoms with van der Waals surface area (Å²) in [5, 5.41) is 9.88. The van der Waals surface area contributed by atoms with Crippen LogP contribution in [0.25, 0.3) is 0 Å². The Bertz CT molecular complexity index is 388. The van der Waals surface area contributed by atoms with Crippen LogP contribution >= 0.6 is 0 Å². The van der Waals surface area contributed by atoms with Crippen molar-refractivity contribution < 1.29 is 0 Å². The number of rotatable bonds is 3. The van der Waals surface area contributed by atoms with E-state index >= 15 is 0 Å². The summed E-state index contributed by atoms with van der Waals surface area (Å²) in [4.78, 5) is 2.41. The monoisotopic (exact) mass is 452 g/mol. The van der Waals surface area contributed by atoms with Crippen LogP contribution in [0.4, 0.5) is 0 Å². The molecule has 4 rings (SSSR count). The lowest BCUT2D eigenvalue weighted by atomic mass is 10.0. The Balaban J connectivity index is 0.000000213. The van der Waals surface area contributed by atoms with E-state index in [4.69, 9.17) is 0 Å². The molecule has 1 saturated heterocycles. The molecule has 1 aliphatic heterocycles. The Morgan fingerprint density at radius 1 is 0.531 bits per heavy atom. The molecule has 32 heavy (non-hydrogen) atoms. The fourth-order valence-electron chi connectivity index (χ4n) is 5.83.